The summed E-state index contributed by atoms with van der Waals surface area (Å²) in [6, 6.07) is 6.62. The van der Waals surface area contributed by atoms with Crippen molar-refractivity contribution in [3.05, 3.63) is 27.8 Å². The van der Waals surface area contributed by atoms with E-state index in [1.165, 1.54) is 11.8 Å². The Morgan fingerprint density at radius 2 is 2.20 bits per heavy atom. The molecule has 0 aliphatic heterocycles. The molecule has 1 fully saturated rings. The molecule has 6 heteroatoms. The predicted octanol–water partition coefficient (Wildman–Crippen LogP) is 2.13. The number of carboxylic acids is 1. The van der Waals surface area contributed by atoms with Crippen LogP contribution in [0.25, 0.3) is 0 Å². The Bertz CT molecular complexity index is 516. The first-order chi connectivity index (χ1) is 9.49. The summed E-state index contributed by atoms with van der Waals surface area (Å²) in [4.78, 5) is 24.7. The predicted molar refractivity (Wildman–Crippen MR) is 81.6 cm³/mol. The number of carbonyl (C=O) groups is 2. The van der Waals surface area contributed by atoms with Gasteiger partial charge in [0, 0.05) is 9.61 Å². The van der Waals surface area contributed by atoms with Gasteiger partial charge in [-0.1, -0.05) is 6.07 Å². The number of nitrogens with zero attached hydrogens (tertiary/aromatic N) is 1. The average Bonchev–Trinajstić information content (AvgIpc) is 3.21. The highest BCUT2D eigenvalue weighted by Gasteiger charge is 2.38. The first-order valence-corrected chi connectivity index (χ1v) is 7.49. The molecule has 108 valence electrons. The maximum Gasteiger partial charge on any atom is 0.326 e. The summed E-state index contributed by atoms with van der Waals surface area (Å²) in [6.07, 6.45) is 1.74. The van der Waals surface area contributed by atoms with Gasteiger partial charge < -0.3 is 14.7 Å². The van der Waals surface area contributed by atoms with Gasteiger partial charge in [0.15, 0.2) is 6.61 Å². The molecule has 1 saturated carbocycles. The maximum absolute atomic E-state index is 12.2. The van der Waals surface area contributed by atoms with Crippen LogP contribution in [-0.2, 0) is 9.59 Å². The lowest BCUT2D eigenvalue weighted by Gasteiger charge is -2.26. The number of aliphatic carboxylic acids is 1. The summed E-state index contributed by atoms with van der Waals surface area (Å²) < 4.78 is 6.47. The van der Waals surface area contributed by atoms with Crippen molar-refractivity contribution in [2.24, 2.45) is 0 Å². The molecule has 20 heavy (non-hydrogen) atoms. The smallest absolute Gasteiger partial charge is 0.326 e. The quantitative estimate of drug-likeness (QED) is 0.758. The molecule has 0 radical (unpaired) electrons. The van der Waals surface area contributed by atoms with Crippen molar-refractivity contribution in [1.82, 2.24) is 4.90 Å². The zero-order valence-corrected chi connectivity index (χ0v) is 13.2. The molecule has 0 bridgehead atoms. The van der Waals surface area contributed by atoms with Crippen LogP contribution in [0.3, 0.4) is 0 Å². The van der Waals surface area contributed by atoms with Crippen molar-refractivity contribution in [2.45, 2.75) is 31.8 Å². The molecule has 1 aromatic rings. The third kappa shape index (κ3) is 3.84. The first-order valence-electron chi connectivity index (χ1n) is 6.41. The zero-order chi connectivity index (χ0) is 14.7. The summed E-state index contributed by atoms with van der Waals surface area (Å²) >= 11 is 2.16. The number of halogens is 1. The molecule has 0 spiro atoms. The van der Waals surface area contributed by atoms with E-state index in [0.717, 1.165) is 16.4 Å². The molecule has 1 atom stereocenters. The first kappa shape index (κ1) is 15.1. The largest absolute Gasteiger partial charge is 0.484 e. The highest BCUT2D eigenvalue weighted by atomic mass is 127. The van der Waals surface area contributed by atoms with Gasteiger partial charge in [-0.3, -0.25) is 4.79 Å². The van der Waals surface area contributed by atoms with Crippen molar-refractivity contribution in [3.8, 4) is 5.75 Å². The van der Waals surface area contributed by atoms with E-state index in [2.05, 4.69) is 22.6 Å². The van der Waals surface area contributed by atoms with Crippen molar-refractivity contribution < 1.29 is 19.4 Å². The zero-order valence-electron chi connectivity index (χ0n) is 11.1. The second-order valence-corrected chi connectivity index (χ2v) is 6.04. The van der Waals surface area contributed by atoms with Gasteiger partial charge in [-0.15, -0.1) is 0 Å². The minimum atomic E-state index is -0.987. The third-order valence-electron chi connectivity index (χ3n) is 3.16. The lowest BCUT2D eigenvalue weighted by Crippen LogP contribution is -2.46. The Morgan fingerprint density at radius 3 is 2.75 bits per heavy atom. The molecule has 1 aliphatic carbocycles. The lowest BCUT2D eigenvalue weighted by molar-refractivity contribution is -0.150. The summed E-state index contributed by atoms with van der Waals surface area (Å²) in [5.41, 5.74) is 0. The maximum atomic E-state index is 12.2. The number of benzene rings is 1. The highest BCUT2D eigenvalue weighted by molar-refractivity contribution is 14.1. The van der Waals surface area contributed by atoms with Crippen molar-refractivity contribution in [3.63, 3.8) is 0 Å². The SMILES string of the molecule is CC(C(=O)O)N(C(=O)COc1cccc(I)c1)C1CC1. The van der Waals surface area contributed by atoms with Gasteiger partial charge in [-0.25, -0.2) is 4.79 Å². The van der Waals surface area contributed by atoms with Crippen LogP contribution in [0.1, 0.15) is 19.8 Å². The van der Waals surface area contributed by atoms with Crippen LogP contribution in [0.4, 0.5) is 0 Å². The molecule has 1 N–H and O–H groups in total. The molecular formula is C14H16INO4. The molecule has 1 aromatic carbocycles. The molecule has 1 amide bonds. The van der Waals surface area contributed by atoms with Gasteiger partial charge in [0.05, 0.1) is 0 Å². The fourth-order valence-electron chi connectivity index (χ4n) is 1.98. The van der Waals surface area contributed by atoms with E-state index in [1.54, 1.807) is 6.07 Å². The van der Waals surface area contributed by atoms with E-state index in [9.17, 15) is 9.59 Å². The fourth-order valence-corrected chi connectivity index (χ4v) is 2.50. The van der Waals surface area contributed by atoms with E-state index in [1.807, 2.05) is 18.2 Å². The number of carbonyl (C=O) groups excluding carboxylic acids is 1. The van der Waals surface area contributed by atoms with Gasteiger partial charge >= 0.3 is 5.97 Å². The molecule has 1 unspecified atom stereocenters. The fraction of sp³-hybridized carbons (Fsp3) is 0.429. The molecular weight excluding hydrogens is 373 g/mol. The van der Waals surface area contributed by atoms with Gasteiger partial charge in [-0.05, 0) is 60.6 Å². The Morgan fingerprint density at radius 1 is 1.50 bits per heavy atom. The molecule has 5 nitrogen and oxygen atoms in total. The normalized spacial score (nSPS) is 15.5. The highest BCUT2D eigenvalue weighted by Crippen LogP contribution is 2.29. The standard InChI is InChI=1S/C14H16INO4/c1-9(14(18)19)16(11-5-6-11)13(17)8-20-12-4-2-3-10(15)7-12/h2-4,7,9,11H,5-6,8H2,1H3,(H,18,19). The number of amides is 1. The molecule has 1 aliphatic rings. The van der Waals surface area contributed by atoms with E-state index in [-0.39, 0.29) is 18.6 Å². The number of hydrogen-bond acceptors (Lipinski definition) is 3. The second-order valence-electron chi connectivity index (χ2n) is 4.79. The molecule has 0 heterocycles. The number of rotatable bonds is 6. The third-order valence-corrected chi connectivity index (χ3v) is 3.83. The average molecular weight is 389 g/mol. The van der Waals surface area contributed by atoms with Crippen LogP contribution >= 0.6 is 22.6 Å². The Labute approximate surface area is 131 Å². The van der Waals surface area contributed by atoms with Crippen molar-refractivity contribution in [2.75, 3.05) is 6.61 Å². The van der Waals surface area contributed by atoms with Crippen LogP contribution in [0.15, 0.2) is 24.3 Å². The Balaban J connectivity index is 1.97. The number of ether oxygens (including phenoxy) is 1. The topological polar surface area (TPSA) is 66.8 Å². The Hall–Kier alpha value is -1.31. The van der Waals surface area contributed by atoms with Crippen molar-refractivity contribution in [1.29, 1.82) is 0 Å². The van der Waals surface area contributed by atoms with Crippen LogP contribution < -0.4 is 4.74 Å². The summed E-state index contributed by atoms with van der Waals surface area (Å²) in [7, 11) is 0. The summed E-state index contributed by atoms with van der Waals surface area (Å²) in [5, 5.41) is 9.06. The van der Waals surface area contributed by atoms with E-state index in [4.69, 9.17) is 9.84 Å². The van der Waals surface area contributed by atoms with Crippen LogP contribution in [0, 0.1) is 3.57 Å². The van der Waals surface area contributed by atoms with Gasteiger partial charge in [0.1, 0.15) is 11.8 Å². The van der Waals surface area contributed by atoms with Crippen LogP contribution in [0.5, 0.6) is 5.75 Å². The summed E-state index contributed by atoms with van der Waals surface area (Å²) in [5.74, 6) is -0.648. The number of carboxylic acid groups (broad SMARTS) is 1. The second kappa shape index (κ2) is 6.43. The van der Waals surface area contributed by atoms with E-state index in [0.29, 0.717) is 5.75 Å². The van der Waals surface area contributed by atoms with Gasteiger partial charge in [-0.2, -0.15) is 0 Å². The van der Waals surface area contributed by atoms with Crippen molar-refractivity contribution >= 4 is 34.5 Å². The summed E-state index contributed by atoms with van der Waals surface area (Å²) in [6.45, 7) is 1.40. The van der Waals surface area contributed by atoms with E-state index >= 15 is 0 Å². The van der Waals surface area contributed by atoms with Crippen LogP contribution in [0.2, 0.25) is 0 Å². The lowest BCUT2D eigenvalue weighted by atomic mass is 10.2. The molecule has 2 rings (SSSR count). The molecule has 0 aromatic heterocycles. The minimum absolute atomic E-state index is 0.0492. The Kier molecular flexibility index (Phi) is 4.85. The van der Waals surface area contributed by atoms with Gasteiger partial charge in [0.2, 0.25) is 0 Å². The molecule has 0 saturated heterocycles. The van der Waals surface area contributed by atoms with E-state index < -0.39 is 12.0 Å². The van der Waals surface area contributed by atoms with Gasteiger partial charge in [0.25, 0.3) is 5.91 Å². The minimum Gasteiger partial charge on any atom is -0.484 e. The van der Waals surface area contributed by atoms with Crippen LogP contribution in [-0.4, -0.2) is 40.6 Å². The monoisotopic (exact) mass is 389 g/mol. The number of hydrogen-bond donors (Lipinski definition) is 1.